The van der Waals surface area contributed by atoms with Crippen LogP contribution in [0, 0.1) is 5.82 Å². The lowest BCUT2D eigenvalue weighted by molar-refractivity contribution is -0.118. The van der Waals surface area contributed by atoms with E-state index in [4.69, 9.17) is 11.6 Å². The van der Waals surface area contributed by atoms with Crippen LogP contribution in [0.25, 0.3) is 0 Å². The normalized spacial score (nSPS) is 11.1. The molecule has 0 saturated carbocycles. The first-order valence-electron chi connectivity index (χ1n) is 8.00. The minimum absolute atomic E-state index is 0.144. The number of thioether (sulfide) groups is 2. The quantitative estimate of drug-likeness (QED) is 0.300. The largest absolute Gasteiger partial charge is 0.272 e. The second-order valence-corrected chi connectivity index (χ2v) is 9.21. The van der Waals surface area contributed by atoms with Crippen molar-refractivity contribution >= 4 is 58.6 Å². The summed E-state index contributed by atoms with van der Waals surface area (Å²) in [5.74, 6) is 0.211. The Morgan fingerprint density at radius 3 is 2.61 bits per heavy atom. The second-order valence-electron chi connectivity index (χ2n) is 5.35. The number of benzene rings is 2. The highest BCUT2D eigenvalue weighted by Gasteiger charge is 2.09. The Labute approximate surface area is 178 Å². The fourth-order valence-electron chi connectivity index (χ4n) is 1.95. The van der Waals surface area contributed by atoms with E-state index in [1.54, 1.807) is 30.0 Å². The maximum Gasteiger partial charge on any atom is 0.250 e. The highest BCUT2D eigenvalue weighted by molar-refractivity contribution is 8.03. The molecule has 0 radical (unpaired) electrons. The Morgan fingerprint density at radius 1 is 1.14 bits per heavy atom. The van der Waals surface area contributed by atoms with Crippen molar-refractivity contribution in [3.8, 4) is 0 Å². The standard InChI is InChI=1S/C18H14ClFN4OS3/c19-14-7-5-12(6-8-14)10-26-17-23-24-18(28-17)27-11-16(25)22-21-9-13-3-1-2-4-15(13)20/h1-9H,10-11H2,(H,22,25)/b21-9-. The fraction of sp³-hybridized carbons (Fsp3) is 0.111. The number of nitrogens with one attached hydrogen (secondary N) is 1. The smallest absolute Gasteiger partial charge is 0.250 e. The SMILES string of the molecule is O=C(CSc1nnc(SCc2ccc(Cl)cc2)s1)N/N=C\c1ccccc1F. The lowest BCUT2D eigenvalue weighted by Gasteiger charge is -1.98. The zero-order valence-electron chi connectivity index (χ0n) is 14.3. The summed E-state index contributed by atoms with van der Waals surface area (Å²) in [6, 6.07) is 13.8. The van der Waals surface area contributed by atoms with Crippen LogP contribution in [0.1, 0.15) is 11.1 Å². The number of rotatable bonds is 8. The van der Waals surface area contributed by atoms with E-state index in [0.29, 0.717) is 14.9 Å². The van der Waals surface area contributed by atoms with Crippen molar-refractivity contribution in [1.29, 1.82) is 0 Å². The molecule has 28 heavy (non-hydrogen) atoms. The van der Waals surface area contributed by atoms with E-state index in [2.05, 4.69) is 20.7 Å². The average Bonchev–Trinajstić information content (AvgIpc) is 3.15. The zero-order chi connectivity index (χ0) is 19.8. The number of halogens is 2. The van der Waals surface area contributed by atoms with Gasteiger partial charge in [-0.1, -0.05) is 76.8 Å². The van der Waals surface area contributed by atoms with Gasteiger partial charge < -0.3 is 0 Å². The van der Waals surface area contributed by atoms with E-state index in [1.807, 2.05) is 24.3 Å². The van der Waals surface area contributed by atoms with Gasteiger partial charge in [-0.3, -0.25) is 4.79 Å². The predicted molar refractivity (Wildman–Crippen MR) is 114 cm³/mol. The number of amides is 1. The molecular formula is C18H14ClFN4OS3. The molecule has 2 aromatic carbocycles. The van der Waals surface area contributed by atoms with Crippen molar-refractivity contribution in [1.82, 2.24) is 15.6 Å². The van der Waals surface area contributed by atoms with Crippen LogP contribution < -0.4 is 5.43 Å². The maximum absolute atomic E-state index is 13.4. The van der Waals surface area contributed by atoms with Crippen LogP contribution in [0.15, 0.2) is 62.3 Å². The van der Waals surface area contributed by atoms with Crippen LogP contribution in [0.5, 0.6) is 0 Å². The number of hydrogen-bond donors (Lipinski definition) is 1. The lowest BCUT2D eigenvalue weighted by Crippen LogP contribution is -2.19. The molecule has 3 aromatic rings. The molecule has 10 heteroatoms. The molecule has 144 valence electrons. The molecule has 0 fully saturated rings. The molecule has 1 aromatic heterocycles. The number of hydrazone groups is 1. The Morgan fingerprint density at radius 2 is 1.86 bits per heavy atom. The first-order chi connectivity index (χ1) is 13.6. The summed E-state index contributed by atoms with van der Waals surface area (Å²) in [5.41, 5.74) is 3.82. The molecular weight excluding hydrogens is 439 g/mol. The topological polar surface area (TPSA) is 67.2 Å². The number of carbonyl (C=O) groups excluding carboxylic acids is 1. The molecule has 5 nitrogen and oxygen atoms in total. The molecule has 3 rings (SSSR count). The van der Waals surface area contributed by atoms with E-state index >= 15 is 0 Å². The van der Waals surface area contributed by atoms with Crippen molar-refractivity contribution < 1.29 is 9.18 Å². The molecule has 0 bridgehead atoms. The van der Waals surface area contributed by atoms with E-state index in [-0.39, 0.29) is 11.7 Å². The Balaban J connectivity index is 1.41. The first kappa shape index (κ1) is 20.8. The summed E-state index contributed by atoms with van der Waals surface area (Å²) < 4.78 is 15.0. The van der Waals surface area contributed by atoms with Crippen LogP contribution in [0.3, 0.4) is 0 Å². The van der Waals surface area contributed by atoms with Gasteiger partial charge in [-0.05, 0) is 23.8 Å². The fourth-order valence-corrected chi connectivity index (χ4v) is 4.85. The molecule has 0 saturated heterocycles. The third-order valence-electron chi connectivity index (χ3n) is 3.29. The maximum atomic E-state index is 13.4. The minimum atomic E-state index is -0.396. The third-order valence-corrected chi connectivity index (χ3v) is 6.80. The van der Waals surface area contributed by atoms with Gasteiger partial charge in [0.25, 0.3) is 5.91 Å². The van der Waals surface area contributed by atoms with Crippen molar-refractivity contribution in [3.05, 3.63) is 70.5 Å². The molecule has 0 atom stereocenters. The minimum Gasteiger partial charge on any atom is -0.272 e. The van der Waals surface area contributed by atoms with Crippen molar-refractivity contribution in [2.24, 2.45) is 5.10 Å². The monoisotopic (exact) mass is 452 g/mol. The van der Waals surface area contributed by atoms with E-state index in [1.165, 1.54) is 35.4 Å². The number of aromatic nitrogens is 2. The van der Waals surface area contributed by atoms with Gasteiger partial charge in [0.2, 0.25) is 0 Å². The molecule has 0 aliphatic carbocycles. The molecule has 0 unspecified atom stereocenters. The Bertz CT molecular complexity index is 965. The van der Waals surface area contributed by atoms with Crippen LogP contribution >= 0.6 is 46.5 Å². The summed E-state index contributed by atoms with van der Waals surface area (Å²) >= 11 is 10.2. The number of carbonyl (C=O) groups is 1. The molecule has 0 aliphatic rings. The van der Waals surface area contributed by atoms with E-state index in [9.17, 15) is 9.18 Å². The van der Waals surface area contributed by atoms with Gasteiger partial charge in [0.05, 0.1) is 12.0 Å². The Hall–Kier alpha value is -1.94. The van der Waals surface area contributed by atoms with Crippen molar-refractivity contribution in [3.63, 3.8) is 0 Å². The first-order valence-corrected chi connectivity index (χ1v) is 11.2. The lowest BCUT2D eigenvalue weighted by atomic mass is 10.2. The molecule has 1 heterocycles. The van der Waals surface area contributed by atoms with Gasteiger partial charge in [0, 0.05) is 16.3 Å². The van der Waals surface area contributed by atoms with E-state index < -0.39 is 5.82 Å². The zero-order valence-corrected chi connectivity index (χ0v) is 17.5. The van der Waals surface area contributed by atoms with E-state index in [0.717, 1.165) is 15.7 Å². The number of nitrogens with zero attached hydrogens (tertiary/aromatic N) is 3. The summed E-state index contributed by atoms with van der Waals surface area (Å²) in [6.07, 6.45) is 1.27. The molecule has 1 N–H and O–H groups in total. The predicted octanol–water partition coefficient (Wildman–Crippen LogP) is 4.87. The average molecular weight is 453 g/mol. The third kappa shape index (κ3) is 6.59. The van der Waals surface area contributed by atoms with Gasteiger partial charge >= 0.3 is 0 Å². The van der Waals surface area contributed by atoms with Crippen molar-refractivity contribution in [2.45, 2.75) is 14.4 Å². The summed E-state index contributed by atoms with van der Waals surface area (Å²) in [7, 11) is 0. The summed E-state index contributed by atoms with van der Waals surface area (Å²) in [5, 5.41) is 12.7. The number of hydrogen-bond acceptors (Lipinski definition) is 7. The van der Waals surface area contributed by atoms with Crippen LogP contribution in [0.4, 0.5) is 4.39 Å². The van der Waals surface area contributed by atoms with Gasteiger partial charge in [0.15, 0.2) is 8.68 Å². The van der Waals surface area contributed by atoms with Crippen LogP contribution in [-0.4, -0.2) is 28.1 Å². The van der Waals surface area contributed by atoms with Crippen molar-refractivity contribution in [2.75, 3.05) is 5.75 Å². The van der Waals surface area contributed by atoms with Gasteiger partial charge in [-0.25, -0.2) is 9.82 Å². The molecule has 1 amide bonds. The highest BCUT2D eigenvalue weighted by atomic mass is 35.5. The Kier molecular flexibility index (Phi) is 7.84. The second kappa shape index (κ2) is 10.6. The van der Waals surface area contributed by atoms with Gasteiger partial charge in [-0.2, -0.15) is 5.10 Å². The van der Waals surface area contributed by atoms with Gasteiger partial charge in [0.1, 0.15) is 5.82 Å². The molecule has 0 spiro atoms. The van der Waals surface area contributed by atoms with Crippen LogP contribution in [-0.2, 0) is 10.5 Å². The van der Waals surface area contributed by atoms with Gasteiger partial charge in [-0.15, -0.1) is 10.2 Å². The highest BCUT2D eigenvalue weighted by Crippen LogP contribution is 2.30. The molecule has 0 aliphatic heterocycles. The van der Waals surface area contributed by atoms with Crippen LogP contribution in [0.2, 0.25) is 5.02 Å². The summed E-state index contributed by atoms with van der Waals surface area (Å²) in [6.45, 7) is 0. The summed E-state index contributed by atoms with van der Waals surface area (Å²) in [4.78, 5) is 11.8.